The molecule has 0 atom stereocenters. The van der Waals surface area contributed by atoms with Crippen LogP contribution in [0.5, 0.6) is 0 Å². The number of aryl methyl sites for hydroxylation is 1. The number of hydrogen-bond acceptors (Lipinski definition) is 4. The van der Waals surface area contributed by atoms with Crippen molar-refractivity contribution in [1.82, 2.24) is 15.2 Å². The molecule has 120 valence electrons. The molecule has 1 heterocycles. The van der Waals surface area contributed by atoms with Crippen LogP contribution in [0.2, 0.25) is 0 Å². The molecular formula is C16H29N3O2. The number of carbonyl (C=O) groups excluding carboxylic acids is 1. The molecule has 0 fully saturated rings. The van der Waals surface area contributed by atoms with Crippen LogP contribution < -0.4 is 5.32 Å². The van der Waals surface area contributed by atoms with Gasteiger partial charge in [-0.3, -0.25) is 4.79 Å². The average molecular weight is 295 g/mol. The Morgan fingerprint density at radius 1 is 1.29 bits per heavy atom. The summed E-state index contributed by atoms with van der Waals surface area (Å²) in [5, 5.41) is 2.94. The lowest BCUT2D eigenvalue weighted by Crippen LogP contribution is -2.35. The van der Waals surface area contributed by atoms with Crippen molar-refractivity contribution in [2.75, 3.05) is 26.2 Å². The SMILES string of the molecule is CCN(CC)CCNC(=O)Cc1oc(C(C)(C)C)nc1C. The molecule has 1 N–H and O–H groups in total. The lowest BCUT2D eigenvalue weighted by molar-refractivity contribution is -0.120. The maximum atomic E-state index is 12.0. The quantitative estimate of drug-likeness (QED) is 0.838. The Hall–Kier alpha value is -1.36. The van der Waals surface area contributed by atoms with Crippen LogP contribution in [0.4, 0.5) is 0 Å². The Bertz CT molecular complexity index is 457. The van der Waals surface area contributed by atoms with Gasteiger partial charge in [-0.1, -0.05) is 34.6 Å². The van der Waals surface area contributed by atoms with Gasteiger partial charge in [0.1, 0.15) is 5.76 Å². The number of hydrogen-bond donors (Lipinski definition) is 1. The summed E-state index contributed by atoms with van der Waals surface area (Å²) in [6.45, 7) is 15.8. The smallest absolute Gasteiger partial charge is 0.227 e. The number of carbonyl (C=O) groups is 1. The third-order valence-corrected chi connectivity index (χ3v) is 3.50. The fourth-order valence-electron chi connectivity index (χ4n) is 2.01. The van der Waals surface area contributed by atoms with Gasteiger partial charge in [0, 0.05) is 18.5 Å². The van der Waals surface area contributed by atoms with E-state index in [1.165, 1.54) is 0 Å². The largest absolute Gasteiger partial charge is 0.444 e. The Morgan fingerprint density at radius 3 is 2.38 bits per heavy atom. The highest BCUT2D eigenvalue weighted by Crippen LogP contribution is 2.23. The van der Waals surface area contributed by atoms with Gasteiger partial charge in [-0.15, -0.1) is 0 Å². The lowest BCUT2D eigenvalue weighted by Gasteiger charge is -2.17. The molecule has 1 rings (SSSR count). The summed E-state index contributed by atoms with van der Waals surface area (Å²) < 4.78 is 5.74. The van der Waals surface area contributed by atoms with Gasteiger partial charge in [-0.25, -0.2) is 4.98 Å². The first-order valence-electron chi connectivity index (χ1n) is 7.73. The topological polar surface area (TPSA) is 58.4 Å². The molecule has 0 saturated carbocycles. The molecular weight excluding hydrogens is 266 g/mol. The van der Waals surface area contributed by atoms with Crippen molar-refractivity contribution in [3.63, 3.8) is 0 Å². The summed E-state index contributed by atoms with van der Waals surface area (Å²) in [7, 11) is 0. The van der Waals surface area contributed by atoms with Crippen molar-refractivity contribution >= 4 is 5.91 Å². The van der Waals surface area contributed by atoms with E-state index in [1.54, 1.807) is 0 Å². The fourth-order valence-corrected chi connectivity index (χ4v) is 2.01. The minimum Gasteiger partial charge on any atom is -0.444 e. The fraction of sp³-hybridized carbons (Fsp3) is 0.750. The molecule has 0 aromatic carbocycles. The number of likely N-dealkylation sites (N-methyl/N-ethyl adjacent to an activating group) is 1. The van der Waals surface area contributed by atoms with Crippen LogP contribution in [0, 0.1) is 6.92 Å². The zero-order valence-corrected chi connectivity index (χ0v) is 14.2. The van der Waals surface area contributed by atoms with Crippen molar-refractivity contribution in [1.29, 1.82) is 0 Å². The van der Waals surface area contributed by atoms with E-state index < -0.39 is 0 Å². The van der Waals surface area contributed by atoms with Gasteiger partial charge < -0.3 is 14.6 Å². The number of nitrogens with one attached hydrogen (secondary N) is 1. The minimum atomic E-state index is -0.137. The Kier molecular flexibility index (Phi) is 6.40. The summed E-state index contributed by atoms with van der Waals surface area (Å²) in [6.07, 6.45) is 0.257. The van der Waals surface area contributed by atoms with E-state index in [4.69, 9.17) is 4.42 Å². The molecule has 21 heavy (non-hydrogen) atoms. The second kappa shape index (κ2) is 7.59. The molecule has 0 spiro atoms. The van der Waals surface area contributed by atoms with Crippen LogP contribution in [-0.4, -0.2) is 42.0 Å². The second-order valence-electron chi connectivity index (χ2n) is 6.33. The Labute approximate surface area is 128 Å². The van der Waals surface area contributed by atoms with E-state index in [2.05, 4.69) is 29.0 Å². The maximum Gasteiger partial charge on any atom is 0.227 e. The molecule has 5 nitrogen and oxygen atoms in total. The van der Waals surface area contributed by atoms with Gasteiger partial charge in [0.25, 0.3) is 0 Å². The van der Waals surface area contributed by atoms with Crippen molar-refractivity contribution in [3.8, 4) is 0 Å². The third kappa shape index (κ3) is 5.50. The monoisotopic (exact) mass is 295 g/mol. The van der Waals surface area contributed by atoms with E-state index in [9.17, 15) is 4.79 Å². The second-order valence-corrected chi connectivity index (χ2v) is 6.33. The predicted octanol–water partition coefficient (Wildman–Crippen LogP) is 2.28. The summed E-state index contributed by atoms with van der Waals surface area (Å²) in [6, 6.07) is 0. The number of rotatable bonds is 7. The summed E-state index contributed by atoms with van der Waals surface area (Å²) in [5.41, 5.74) is 0.668. The van der Waals surface area contributed by atoms with Gasteiger partial charge in [-0.05, 0) is 20.0 Å². The summed E-state index contributed by atoms with van der Waals surface area (Å²) >= 11 is 0. The highest BCUT2D eigenvalue weighted by Gasteiger charge is 2.23. The molecule has 0 aliphatic rings. The van der Waals surface area contributed by atoms with E-state index in [1.807, 2.05) is 27.7 Å². The zero-order valence-electron chi connectivity index (χ0n) is 14.2. The molecule has 0 bridgehead atoms. The standard InChI is InChI=1S/C16H29N3O2/c1-7-19(8-2)10-9-17-14(20)11-13-12(3)18-15(21-13)16(4,5)6/h7-11H2,1-6H3,(H,17,20). The van der Waals surface area contributed by atoms with E-state index in [0.29, 0.717) is 18.2 Å². The molecule has 0 aliphatic carbocycles. The first kappa shape index (κ1) is 17.7. The Balaban J connectivity index is 2.50. The molecule has 5 heteroatoms. The Morgan fingerprint density at radius 2 is 1.90 bits per heavy atom. The van der Waals surface area contributed by atoms with Gasteiger partial charge in [0.05, 0.1) is 12.1 Å². The van der Waals surface area contributed by atoms with Crippen LogP contribution in [-0.2, 0) is 16.6 Å². The first-order chi connectivity index (χ1) is 9.77. The molecule has 1 amide bonds. The highest BCUT2D eigenvalue weighted by molar-refractivity contribution is 5.78. The molecule has 1 aromatic rings. The first-order valence-corrected chi connectivity index (χ1v) is 7.73. The van der Waals surface area contributed by atoms with E-state index in [0.717, 1.165) is 25.3 Å². The summed E-state index contributed by atoms with van der Waals surface area (Å²) in [4.78, 5) is 18.7. The van der Waals surface area contributed by atoms with Gasteiger partial charge in [-0.2, -0.15) is 0 Å². The van der Waals surface area contributed by atoms with Gasteiger partial charge >= 0.3 is 0 Å². The summed E-state index contributed by atoms with van der Waals surface area (Å²) in [5.74, 6) is 1.34. The predicted molar refractivity (Wildman–Crippen MR) is 84.4 cm³/mol. The van der Waals surface area contributed by atoms with Gasteiger partial charge in [0.2, 0.25) is 5.91 Å². The zero-order chi connectivity index (χ0) is 16.0. The maximum absolute atomic E-state index is 12.0. The number of amides is 1. The van der Waals surface area contributed by atoms with Crippen molar-refractivity contribution in [2.24, 2.45) is 0 Å². The lowest BCUT2D eigenvalue weighted by atomic mass is 9.97. The van der Waals surface area contributed by atoms with Crippen molar-refractivity contribution < 1.29 is 9.21 Å². The number of oxazole rings is 1. The van der Waals surface area contributed by atoms with Crippen LogP contribution in [0.3, 0.4) is 0 Å². The van der Waals surface area contributed by atoms with E-state index in [-0.39, 0.29) is 17.7 Å². The van der Waals surface area contributed by atoms with Crippen molar-refractivity contribution in [2.45, 2.75) is 53.4 Å². The highest BCUT2D eigenvalue weighted by atomic mass is 16.4. The van der Waals surface area contributed by atoms with Crippen LogP contribution in [0.15, 0.2) is 4.42 Å². The molecule has 0 aliphatic heterocycles. The van der Waals surface area contributed by atoms with E-state index >= 15 is 0 Å². The normalized spacial score (nSPS) is 12.0. The molecule has 0 unspecified atom stereocenters. The third-order valence-electron chi connectivity index (χ3n) is 3.50. The minimum absolute atomic E-state index is 0.0122. The van der Waals surface area contributed by atoms with Crippen molar-refractivity contribution in [3.05, 3.63) is 17.3 Å². The molecule has 0 radical (unpaired) electrons. The number of aromatic nitrogens is 1. The number of nitrogens with zero attached hydrogens (tertiary/aromatic N) is 2. The van der Waals surface area contributed by atoms with Gasteiger partial charge in [0.15, 0.2) is 5.89 Å². The van der Waals surface area contributed by atoms with Crippen LogP contribution in [0.25, 0.3) is 0 Å². The molecule has 0 saturated heterocycles. The van der Waals surface area contributed by atoms with Crippen LogP contribution >= 0.6 is 0 Å². The molecule has 1 aromatic heterocycles. The van der Waals surface area contributed by atoms with Crippen LogP contribution in [0.1, 0.15) is 52.0 Å². The average Bonchev–Trinajstić information content (AvgIpc) is 2.76.